The number of hydrogen-bond acceptors (Lipinski definition) is 3. The molecular formula is C16H15BrO3. The molecule has 0 aliphatic heterocycles. The first-order valence-electron chi connectivity index (χ1n) is 6.30. The van der Waals surface area contributed by atoms with Crippen molar-refractivity contribution in [3.05, 3.63) is 64.1 Å². The molecule has 4 heteroatoms. The van der Waals surface area contributed by atoms with E-state index in [2.05, 4.69) is 15.9 Å². The molecule has 0 radical (unpaired) electrons. The summed E-state index contributed by atoms with van der Waals surface area (Å²) in [4.78, 5) is 12.0. The predicted molar refractivity (Wildman–Crippen MR) is 81.2 cm³/mol. The summed E-state index contributed by atoms with van der Waals surface area (Å²) in [7, 11) is 0. The first-order valence-corrected chi connectivity index (χ1v) is 7.09. The number of hydrogen-bond donors (Lipinski definition) is 1. The molecular weight excluding hydrogens is 320 g/mol. The van der Waals surface area contributed by atoms with Gasteiger partial charge in [0.2, 0.25) is 0 Å². The van der Waals surface area contributed by atoms with Crippen molar-refractivity contribution in [2.24, 2.45) is 0 Å². The molecule has 2 aromatic rings. The number of aliphatic hydroxyl groups is 1. The molecule has 0 saturated carbocycles. The smallest absolute Gasteiger partial charge is 0.200 e. The largest absolute Gasteiger partial charge is 0.485 e. The van der Waals surface area contributed by atoms with E-state index >= 15 is 0 Å². The summed E-state index contributed by atoms with van der Waals surface area (Å²) in [5, 5.41) is 8.83. The molecule has 0 spiro atoms. The maximum Gasteiger partial charge on any atom is 0.200 e. The van der Waals surface area contributed by atoms with Crippen molar-refractivity contribution in [3.63, 3.8) is 0 Å². The molecule has 0 bridgehead atoms. The van der Waals surface area contributed by atoms with Crippen LogP contribution in [-0.4, -0.2) is 24.1 Å². The van der Waals surface area contributed by atoms with Crippen LogP contribution in [0.4, 0.5) is 0 Å². The number of aliphatic hydroxyl groups excluding tert-OH is 1. The van der Waals surface area contributed by atoms with Crippen LogP contribution >= 0.6 is 15.9 Å². The average molecular weight is 335 g/mol. The Bertz CT molecular complexity index is 579. The summed E-state index contributed by atoms with van der Waals surface area (Å²) in [6.07, 6.45) is 0.622. The van der Waals surface area contributed by atoms with Crippen molar-refractivity contribution in [1.29, 1.82) is 0 Å². The zero-order valence-electron chi connectivity index (χ0n) is 10.9. The number of carbonyl (C=O) groups is 1. The van der Waals surface area contributed by atoms with Crippen molar-refractivity contribution in [1.82, 2.24) is 0 Å². The van der Waals surface area contributed by atoms with E-state index in [-0.39, 0.29) is 19.0 Å². The summed E-state index contributed by atoms with van der Waals surface area (Å²) in [5.41, 5.74) is 1.66. The molecule has 0 aromatic heterocycles. The summed E-state index contributed by atoms with van der Waals surface area (Å²) in [6.45, 7) is 0.136. The minimum Gasteiger partial charge on any atom is -0.485 e. The Balaban J connectivity index is 1.93. The van der Waals surface area contributed by atoms with Gasteiger partial charge in [-0.15, -0.1) is 0 Å². The van der Waals surface area contributed by atoms with E-state index in [1.807, 2.05) is 24.3 Å². The standard InChI is InChI=1S/C16H15BrO3/c17-14-3-1-2-13(10-14)16(19)11-20-15-6-4-12(5-7-15)8-9-18/h1-7,10,18H,8-9,11H2. The molecule has 0 heterocycles. The zero-order valence-corrected chi connectivity index (χ0v) is 12.5. The van der Waals surface area contributed by atoms with Crippen LogP contribution in [0.3, 0.4) is 0 Å². The van der Waals surface area contributed by atoms with Crippen molar-refractivity contribution in [2.45, 2.75) is 6.42 Å². The summed E-state index contributed by atoms with van der Waals surface area (Å²) in [6, 6.07) is 14.6. The normalized spacial score (nSPS) is 10.3. The molecule has 0 unspecified atom stereocenters. The predicted octanol–water partition coefficient (Wildman–Crippen LogP) is 3.25. The molecule has 0 amide bonds. The van der Waals surface area contributed by atoms with Crippen LogP contribution in [0, 0.1) is 0 Å². The molecule has 1 N–H and O–H groups in total. The summed E-state index contributed by atoms with van der Waals surface area (Å²) >= 11 is 3.34. The van der Waals surface area contributed by atoms with Gasteiger partial charge in [-0.3, -0.25) is 4.79 Å². The Morgan fingerprint density at radius 1 is 1.15 bits per heavy atom. The van der Waals surface area contributed by atoms with E-state index < -0.39 is 0 Å². The van der Waals surface area contributed by atoms with Gasteiger partial charge in [0, 0.05) is 16.6 Å². The fraction of sp³-hybridized carbons (Fsp3) is 0.188. The molecule has 20 heavy (non-hydrogen) atoms. The highest BCUT2D eigenvalue weighted by Crippen LogP contribution is 2.15. The number of halogens is 1. The highest BCUT2D eigenvalue weighted by molar-refractivity contribution is 9.10. The van der Waals surface area contributed by atoms with Crippen LogP contribution in [0.15, 0.2) is 53.0 Å². The van der Waals surface area contributed by atoms with Gasteiger partial charge in [0.25, 0.3) is 0 Å². The quantitative estimate of drug-likeness (QED) is 0.825. The maximum absolute atomic E-state index is 12.0. The van der Waals surface area contributed by atoms with Crippen molar-refractivity contribution in [3.8, 4) is 5.75 Å². The minimum absolute atomic E-state index is 0.00972. The fourth-order valence-electron chi connectivity index (χ4n) is 1.78. The number of benzene rings is 2. The van der Waals surface area contributed by atoms with Crippen molar-refractivity contribution in [2.75, 3.05) is 13.2 Å². The third-order valence-corrected chi connectivity index (χ3v) is 3.33. The third-order valence-electron chi connectivity index (χ3n) is 2.84. The second kappa shape index (κ2) is 7.22. The van der Waals surface area contributed by atoms with Gasteiger partial charge in [-0.25, -0.2) is 0 Å². The number of carbonyl (C=O) groups excluding carboxylic acids is 1. The zero-order chi connectivity index (χ0) is 14.4. The second-order valence-corrected chi connectivity index (χ2v) is 5.26. The van der Waals surface area contributed by atoms with E-state index in [9.17, 15) is 4.79 Å². The molecule has 0 saturated heterocycles. The highest BCUT2D eigenvalue weighted by atomic mass is 79.9. The minimum atomic E-state index is -0.0641. The van der Waals surface area contributed by atoms with E-state index in [1.54, 1.807) is 24.3 Å². The van der Waals surface area contributed by atoms with Crippen LogP contribution < -0.4 is 4.74 Å². The van der Waals surface area contributed by atoms with Gasteiger partial charge >= 0.3 is 0 Å². The van der Waals surface area contributed by atoms with Crippen LogP contribution in [0.2, 0.25) is 0 Å². The topological polar surface area (TPSA) is 46.5 Å². The maximum atomic E-state index is 12.0. The van der Waals surface area contributed by atoms with Crippen molar-refractivity contribution < 1.29 is 14.6 Å². The van der Waals surface area contributed by atoms with Gasteiger partial charge in [-0.05, 0) is 36.2 Å². The molecule has 104 valence electrons. The Kier molecular flexibility index (Phi) is 5.32. The molecule has 0 fully saturated rings. The number of Topliss-reactive ketones (excluding diaryl/α,β-unsaturated/α-hetero) is 1. The van der Waals surface area contributed by atoms with Crippen LogP contribution in [-0.2, 0) is 6.42 Å². The van der Waals surface area contributed by atoms with Crippen LogP contribution in [0.1, 0.15) is 15.9 Å². The number of ketones is 1. The Morgan fingerprint density at radius 3 is 2.55 bits per heavy atom. The molecule has 3 nitrogen and oxygen atoms in total. The number of rotatable bonds is 6. The van der Waals surface area contributed by atoms with Gasteiger partial charge in [-0.2, -0.15) is 0 Å². The lowest BCUT2D eigenvalue weighted by Crippen LogP contribution is -2.11. The lowest BCUT2D eigenvalue weighted by Gasteiger charge is -2.06. The fourth-order valence-corrected chi connectivity index (χ4v) is 2.17. The van der Waals surface area contributed by atoms with Crippen LogP contribution in [0.5, 0.6) is 5.75 Å². The third kappa shape index (κ3) is 4.18. The second-order valence-electron chi connectivity index (χ2n) is 4.34. The van der Waals surface area contributed by atoms with E-state index in [1.165, 1.54) is 0 Å². The Labute approximate surface area is 126 Å². The number of ether oxygens (including phenoxy) is 1. The first kappa shape index (κ1) is 14.8. The van der Waals surface area contributed by atoms with E-state index in [0.29, 0.717) is 17.7 Å². The van der Waals surface area contributed by atoms with Gasteiger partial charge < -0.3 is 9.84 Å². The lowest BCUT2D eigenvalue weighted by atomic mass is 10.1. The molecule has 2 rings (SSSR count). The monoisotopic (exact) mass is 334 g/mol. The molecule has 2 aromatic carbocycles. The lowest BCUT2D eigenvalue weighted by molar-refractivity contribution is 0.0921. The highest BCUT2D eigenvalue weighted by Gasteiger charge is 2.07. The average Bonchev–Trinajstić information content (AvgIpc) is 2.46. The van der Waals surface area contributed by atoms with E-state index in [0.717, 1.165) is 10.0 Å². The summed E-state index contributed by atoms with van der Waals surface area (Å²) < 4.78 is 6.34. The SMILES string of the molecule is O=C(COc1ccc(CCO)cc1)c1cccc(Br)c1. The summed E-state index contributed by atoms with van der Waals surface area (Å²) in [5.74, 6) is 0.584. The Morgan fingerprint density at radius 2 is 1.90 bits per heavy atom. The Hall–Kier alpha value is -1.65. The van der Waals surface area contributed by atoms with Gasteiger partial charge in [-0.1, -0.05) is 40.2 Å². The van der Waals surface area contributed by atoms with Gasteiger partial charge in [0.15, 0.2) is 12.4 Å². The molecule has 0 aliphatic carbocycles. The van der Waals surface area contributed by atoms with Gasteiger partial charge in [0.1, 0.15) is 5.75 Å². The van der Waals surface area contributed by atoms with E-state index in [4.69, 9.17) is 9.84 Å². The molecule has 0 aliphatic rings. The first-order chi connectivity index (χ1) is 9.69. The van der Waals surface area contributed by atoms with Crippen molar-refractivity contribution >= 4 is 21.7 Å². The van der Waals surface area contributed by atoms with Gasteiger partial charge in [0.05, 0.1) is 0 Å². The van der Waals surface area contributed by atoms with Crippen LogP contribution in [0.25, 0.3) is 0 Å². The molecule has 0 atom stereocenters.